The molecule has 0 radical (unpaired) electrons. The fourth-order valence-corrected chi connectivity index (χ4v) is 2.84. The third-order valence-electron chi connectivity index (χ3n) is 1.79. The van der Waals surface area contributed by atoms with Gasteiger partial charge in [-0.2, -0.15) is 0 Å². The molecule has 0 saturated carbocycles. The van der Waals surface area contributed by atoms with Crippen LogP contribution in [0.5, 0.6) is 0 Å². The van der Waals surface area contributed by atoms with E-state index in [0.29, 0.717) is 6.42 Å². The minimum atomic E-state index is -3.90. The maximum Gasteiger partial charge on any atom is 0.329 e. The summed E-state index contributed by atoms with van der Waals surface area (Å²) in [7, 11) is -3.90. The normalized spacial score (nSPS) is 16.5. The lowest BCUT2D eigenvalue weighted by atomic mass is 9.90. The topological polar surface area (TPSA) is 57.5 Å². The number of rotatable bonds is 2. The minimum absolute atomic E-state index is 0.312. The van der Waals surface area contributed by atoms with E-state index in [1.807, 2.05) is 20.8 Å². The van der Waals surface area contributed by atoms with E-state index in [0.717, 1.165) is 0 Å². The van der Waals surface area contributed by atoms with Crippen LogP contribution in [0.3, 0.4) is 0 Å². The number of hydrogen-bond donors (Lipinski definition) is 2. The summed E-state index contributed by atoms with van der Waals surface area (Å²) in [5.41, 5.74) is -0.830. The maximum atomic E-state index is 10.9. The largest absolute Gasteiger partial charge is 0.329 e. The number of hydrogen-bond acceptors (Lipinski definition) is 1. The van der Waals surface area contributed by atoms with Crippen molar-refractivity contribution in [2.24, 2.45) is 5.41 Å². The zero-order chi connectivity index (χ0) is 9.28. The summed E-state index contributed by atoms with van der Waals surface area (Å²) in [5, 5.41) is 0. The molecule has 2 N–H and O–H groups in total. The van der Waals surface area contributed by atoms with Gasteiger partial charge in [0.25, 0.3) is 0 Å². The smallest absolute Gasteiger partial charge is 0.324 e. The summed E-state index contributed by atoms with van der Waals surface area (Å²) >= 11 is 0. The van der Waals surface area contributed by atoms with Crippen LogP contribution in [0.15, 0.2) is 0 Å². The molecule has 0 aromatic heterocycles. The van der Waals surface area contributed by atoms with Crippen LogP contribution in [0.4, 0.5) is 0 Å². The van der Waals surface area contributed by atoms with Crippen LogP contribution in [0, 0.1) is 5.41 Å². The van der Waals surface area contributed by atoms with Gasteiger partial charge in [0.1, 0.15) is 0 Å². The second-order valence-corrected chi connectivity index (χ2v) is 5.68. The van der Waals surface area contributed by atoms with Gasteiger partial charge in [0.2, 0.25) is 0 Å². The Bertz CT molecular complexity index is 165. The molecule has 3 nitrogen and oxygen atoms in total. The maximum absolute atomic E-state index is 10.9. The lowest BCUT2D eigenvalue weighted by Crippen LogP contribution is -2.25. The molecule has 0 amide bonds. The molecule has 4 heteroatoms. The molecule has 0 fully saturated rings. The molecule has 0 heterocycles. The first-order valence-electron chi connectivity index (χ1n) is 3.74. The van der Waals surface area contributed by atoms with Gasteiger partial charge in [-0.05, 0) is 11.8 Å². The monoisotopic (exact) mass is 180 g/mol. The van der Waals surface area contributed by atoms with E-state index in [4.69, 9.17) is 9.79 Å². The summed E-state index contributed by atoms with van der Waals surface area (Å²) in [4.78, 5) is 17.8. The first kappa shape index (κ1) is 11.2. The molecule has 0 aliphatic heterocycles. The van der Waals surface area contributed by atoms with Crippen molar-refractivity contribution in [3.05, 3.63) is 0 Å². The summed E-state index contributed by atoms with van der Waals surface area (Å²) in [6, 6.07) is 0. The quantitative estimate of drug-likeness (QED) is 0.639. The first-order chi connectivity index (χ1) is 4.69. The van der Waals surface area contributed by atoms with E-state index in [1.54, 1.807) is 6.92 Å². The Morgan fingerprint density at radius 1 is 1.36 bits per heavy atom. The van der Waals surface area contributed by atoms with E-state index in [-0.39, 0.29) is 5.41 Å². The average Bonchev–Trinajstić information content (AvgIpc) is 1.56. The van der Waals surface area contributed by atoms with E-state index >= 15 is 0 Å². The fraction of sp³-hybridized carbons (Fsp3) is 1.00. The van der Waals surface area contributed by atoms with Crippen molar-refractivity contribution in [3.63, 3.8) is 0 Å². The summed E-state index contributed by atoms with van der Waals surface area (Å²) in [6.45, 7) is 7.34. The van der Waals surface area contributed by atoms with Crippen molar-refractivity contribution < 1.29 is 14.4 Å². The van der Waals surface area contributed by atoms with Crippen LogP contribution in [0.25, 0.3) is 0 Å². The SMILES string of the molecule is CCC(C(C)(C)C)P(=O)(O)O. The lowest BCUT2D eigenvalue weighted by Gasteiger charge is -2.29. The molecule has 0 aromatic rings. The highest BCUT2D eigenvalue weighted by molar-refractivity contribution is 7.52. The average molecular weight is 180 g/mol. The molecule has 11 heavy (non-hydrogen) atoms. The molecular weight excluding hydrogens is 163 g/mol. The molecule has 1 unspecified atom stereocenters. The van der Waals surface area contributed by atoms with Crippen molar-refractivity contribution in [1.29, 1.82) is 0 Å². The van der Waals surface area contributed by atoms with Crippen LogP contribution in [-0.2, 0) is 4.57 Å². The molecular formula is C7H17O3P. The third-order valence-corrected chi connectivity index (χ3v) is 3.74. The van der Waals surface area contributed by atoms with Crippen molar-refractivity contribution in [2.75, 3.05) is 0 Å². The zero-order valence-corrected chi connectivity index (χ0v) is 8.43. The Morgan fingerprint density at radius 3 is 1.73 bits per heavy atom. The third kappa shape index (κ3) is 3.37. The van der Waals surface area contributed by atoms with Gasteiger partial charge in [0, 0.05) is 0 Å². The van der Waals surface area contributed by atoms with Crippen molar-refractivity contribution in [2.45, 2.75) is 39.8 Å². The van der Waals surface area contributed by atoms with Gasteiger partial charge in [0.05, 0.1) is 5.66 Å². The Balaban J connectivity index is 4.57. The highest BCUT2D eigenvalue weighted by Gasteiger charge is 2.36. The minimum Gasteiger partial charge on any atom is -0.324 e. The highest BCUT2D eigenvalue weighted by atomic mass is 31.2. The summed E-state index contributed by atoms with van der Waals surface area (Å²) < 4.78 is 10.9. The Morgan fingerprint density at radius 2 is 1.73 bits per heavy atom. The Hall–Kier alpha value is 0.150. The molecule has 0 aliphatic rings. The van der Waals surface area contributed by atoms with Gasteiger partial charge in [0.15, 0.2) is 0 Å². The lowest BCUT2D eigenvalue weighted by molar-refractivity contribution is 0.291. The highest BCUT2D eigenvalue weighted by Crippen LogP contribution is 2.50. The predicted molar refractivity (Wildman–Crippen MR) is 45.6 cm³/mol. The molecule has 1 atom stereocenters. The van der Waals surface area contributed by atoms with Crippen LogP contribution in [-0.4, -0.2) is 15.4 Å². The second kappa shape index (κ2) is 3.26. The van der Waals surface area contributed by atoms with Gasteiger partial charge in [-0.3, -0.25) is 4.57 Å². The zero-order valence-electron chi connectivity index (χ0n) is 7.53. The molecule has 0 rings (SSSR count). The predicted octanol–water partition coefficient (Wildman–Crippen LogP) is 1.99. The van der Waals surface area contributed by atoms with Crippen LogP contribution in [0.1, 0.15) is 34.1 Å². The van der Waals surface area contributed by atoms with Crippen LogP contribution < -0.4 is 0 Å². The summed E-state index contributed by atoms with van der Waals surface area (Å²) in [6.07, 6.45) is 0.522. The first-order valence-corrected chi connectivity index (χ1v) is 5.43. The van der Waals surface area contributed by atoms with E-state index in [1.165, 1.54) is 0 Å². The van der Waals surface area contributed by atoms with Gasteiger partial charge in [-0.15, -0.1) is 0 Å². The standard InChI is InChI=1S/C7H17O3P/c1-5-6(7(2,3)4)11(8,9)10/h6H,5H2,1-4H3,(H2,8,9,10). The molecule has 0 saturated heterocycles. The molecule has 0 spiro atoms. The van der Waals surface area contributed by atoms with Crippen molar-refractivity contribution in [1.82, 2.24) is 0 Å². The molecule has 0 aliphatic carbocycles. The van der Waals surface area contributed by atoms with Crippen molar-refractivity contribution >= 4 is 7.60 Å². The van der Waals surface area contributed by atoms with E-state index in [9.17, 15) is 4.57 Å². The molecule has 68 valence electrons. The Labute approximate surface area is 68.0 Å². The van der Waals surface area contributed by atoms with E-state index in [2.05, 4.69) is 0 Å². The second-order valence-electron chi connectivity index (χ2n) is 3.88. The Kier molecular flexibility index (Phi) is 3.30. The van der Waals surface area contributed by atoms with Gasteiger partial charge in [-0.1, -0.05) is 27.7 Å². The van der Waals surface area contributed by atoms with Crippen LogP contribution in [0.2, 0.25) is 0 Å². The van der Waals surface area contributed by atoms with Crippen molar-refractivity contribution in [3.8, 4) is 0 Å². The summed E-state index contributed by atoms with van der Waals surface area (Å²) in [5.74, 6) is 0. The van der Waals surface area contributed by atoms with Gasteiger partial charge in [-0.25, -0.2) is 0 Å². The molecule has 0 aromatic carbocycles. The van der Waals surface area contributed by atoms with Gasteiger partial charge >= 0.3 is 7.60 Å². The van der Waals surface area contributed by atoms with Crippen LogP contribution >= 0.6 is 7.60 Å². The fourth-order valence-electron chi connectivity index (χ4n) is 1.35. The van der Waals surface area contributed by atoms with E-state index < -0.39 is 13.3 Å². The molecule has 0 bridgehead atoms. The van der Waals surface area contributed by atoms with Gasteiger partial charge < -0.3 is 9.79 Å².